The van der Waals surface area contributed by atoms with Crippen LogP contribution in [0.2, 0.25) is 0 Å². The van der Waals surface area contributed by atoms with Crippen LogP contribution in [0.5, 0.6) is 5.88 Å². The molecule has 1 atom stereocenters. The summed E-state index contributed by atoms with van der Waals surface area (Å²) in [5, 5.41) is 4.42. The summed E-state index contributed by atoms with van der Waals surface area (Å²) in [5.41, 5.74) is 5.33. The smallest absolute Gasteiger partial charge is 0.223 e. The van der Waals surface area contributed by atoms with E-state index in [1.807, 2.05) is 18.3 Å². The maximum atomic E-state index is 6.21. The number of aromatic nitrogens is 2. The van der Waals surface area contributed by atoms with Gasteiger partial charge in [0.05, 0.1) is 23.2 Å². The van der Waals surface area contributed by atoms with E-state index in [1.165, 1.54) is 24.1 Å². The number of hydrogen-bond acceptors (Lipinski definition) is 5. The van der Waals surface area contributed by atoms with Crippen LogP contribution < -0.4 is 15.0 Å². The normalized spacial score (nSPS) is 16.9. The van der Waals surface area contributed by atoms with Crippen LogP contribution >= 0.6 is 0 Å². The molecule has 0 bridgehead atoms. The predicted octanol–water partition coefficient (Wildman–Crippen LogP) is 4.05. The van der Waals surface area contributed by atoms with Crippen molar-refractivity contribution >= 4 is 16.6 Å². The van der Waals surface area contributed by atoms with Crippen LogP contribution in [0.25, 0.3) is 22.2 Å². The second kappa shape index (κ2) is 8.15. The van der Waals surface area contributed by atoms with Crippen LogP contribution in [0.3, 0.4) is 0 Å². The zero-order chi connectivity index (χ0) is 19.5. The van der Waals surface area contributed by atoms with Crippen LogP contribution in [-0.2, 0) is 0 Å². The molecule has 1 aliphatic heterocycles. The first-order valence-electron chi connectivity index (χ1n) is 9.99. The van der Waals surface area contributed by atoms with E-state index in [9.17, 15) is 0 Å². The van der Waals surface area contributed by atoms with Crippen molar-refractivity contribution in [2.45, 2.75) is 19.8 Å². The van der Waals surface area contributed by atoms with Gasteiger partial charge in [-0.1, -0.05) is 6.07 Å². The summed E-state index contributed by atoms with van der Waals surface area (Å²) in [5.74, 6) is 1.22. The van der Waals surface area contributed by atoms with Gasteiger partial charge in [-0.05, 0) is 62.2 Å². The van der Waals surface area contributed by atoms with Crippen LogP contribution in [0.1, 0.15) is 18.4 Å². The number of ether oxygens (including phenoxy) is 1. The van der Waals surface area contributed by atoms with Crippen molar-refractivity contribution in [3.63, 3.8) is 0 Å². The Bertz CT molecular complexity index is 964. The molecule has 0 spiro atoms. The number of piperidine rings is 1. The minimum absolute atomic E-state index is 0.535. The highest BCUT2D eigenvalue weighted by Gasteiger charge is 2.16. The molecule has 1 N–H and O–H groups in total. The number of rotatable bonds is 5. The van der Waals surface area contributed by atoms with Crippen molar-refractivity contribution in [3.05, 3.63) is 48.2 Å². The predicted molar refractivity (Wildman–Crippen MR) is 115 cm³/mol. The van der Waals surface area contributed by atoms with E-state index in [2.05, 4.69) is 60.5 Å². The minimum atomic E-state index is 0.535. The maximum absolute atomic E-state index is 6.21. The summed E-state index contributed by atoms with van der Waals surface area (Å²) in [6.45, 7) is 4.94. The summed E-state index contributed by atoms with van der Waals surface area (Å²) in [7, 11) is 4.12. The van der Waals surface area contributed by atoms with E-state index in [0.717, 1.165) is 35.2 Å². The first kappa shape index (κ1) is 18.7. The Kier molecular flexibility index (Phi) is 5.44. The monoisotopic (exact) mass is 376 g/mol. The molecule has 28 heavy (non-hydrogen) atoms. The van der Waals surface area contributed by atoms with Gasteiger partial charge in [-0.2, -0.15) is 0 Å². The number of nitrogens with zero attached hydrogens (tertiary/aromatic N) is 3. The van der Waals surface area contributed by atoms with Gasteiger partial charge >= 0.3 is 0 Å². The SMILES string of the molecule is Cc1cc(-c2cc3ncccc3c(OC[C@H]3CCCNC3)n2)ccc1N(C)C. The largest absolute Gasteiger partial charge is 0.477 e. The van der Waals surface area contributed by atoms with Gasteiger partial charge in [0.15, 0.2) is 0 Å². The van der Waals surface area contributed by atoms with Gasteiger partial charge in [0.25, 0.3) is 0 Å². The number of aryl methyl sites for hydroxylation is 1. The lowest BCUT2D eigenvalue weighted by Crippen LogP contribution is -2.33. The molecular formula is C23H28N4O. The Hall–Kier alpha value is -2.66. The van der Waals surface area contributed by atoms with Gasteiger partial charge in [-0.15, -0.1) is 0 Å². The molecule has 1 aromatic carbocycles. The van der Waals surface area contributed by atoms with Crippen LogP contribution in [0.4, 0.5) is 5.69 Å². The second-order valence-corrected chi connectivity index (χ2v) is 7.80. The molecule has 1 fully saturated rings. The van der Waals surface area contributed by atoms with Crippen LogP contribution in [-0.4, -0.2) is 43.8 Å². The fourth-order valence-electron chi connectivity index (χ4n) is 3.88. The van der Waals surface area contributed by atoms with E-state index >= 15 is 0 Å². The zero-order valence-corrected chi connectivity index (χ0v) is 16.9. The highest BCUT2D eigenvalue weighted by atomic mass is 16.5. The molecular weight excluding hydrogens is 348 g/mol. The third kappa shape index (κ3) is 3.94. The minimum Gasteiger partial charge on any atom is -0.477 e. The molecule has 0 radical (unpaired) electrons. The van der Waals surface area contributed by atoms with Crippen LogP contribution in [0, 0.1) is 12.8 Å². The lowest BCUT2D eigenvalue weighted by molar-refractivity contribution is 0.214. The molecule has 1 saturated heterocycles. The first-order valence-corrected chi connectivity index (χ1v) is 9.99. The lowest BCUT2D eigenvalue weighted by atomic mass is 10.0. The van der Waals surface area contributed by atoms with Crippen molar-refractivity contribution in [2.75, 3.05) is 38.7 Å². The molecule has 0 aliphatic carbocycles. The van der Waals surface area contributed by atoms with Crippen molar-refractivity contribution in [1.29, 1.82) is 0 Å². The average Bonchev–Trinajstić information content (AvgIpc) is 2.72. The number of fused-ring (bicyclic) bond motifs is 1. The fourth-order valence-corrected chi connectivity index (χ4v) is 3.88. The van der Waals surface area contributed by atoms with E-state index < -0.39 is 0 Å². The van der Waals surface area contributed by atoms with Gasteiger partial charge < -0.3 is 15.0 Å². The molecule has 1 aliphatic rings. The summed E-state index contributed by atoms with van der Waals surface area (Å²) >= 11 is 0. The highest BCUT2D eigenvalue weighted by molar-refractivity contribution is 5.87. The Labute approximate surface area is 166 Å². The van der Waals surface area contributed by atoms with Gasteiger partial charge in [0, 0.05) is 44.0 Å². The second-order valence-electron chi connectivity index (χ2n) is 7.80. The molecule has 2 aromatic heterocycles. The summed E-state index contributed by atoms with van der Waals surface area (Å²) in [6, 6.07) is 12.5. The fraction of sp³-hybridized carbons (Fsp3) is 0.391. The number of benzene rings is 1. The Morgan fingerprint density at radius 1 is 1.21 bits per heavy atom. The van der Waals surface area contributed by atoms with Crippen molar-refractivity contribution < 1.29 is 4.74 Å². The third-order valence-corrected chi connectivity index (χ3v) is 5.39. The Morgan fingerprint density at radius 2 is 2.11 bits per heavy atom. The van der Waals surface area contributed by atoms with Gasteiger partial charge in [0.2, 0.25) is 5.88 Å². The van der Waals surface area contributed by atoms with E-state index in [-0.39, 0.29) is 0 Å². The quantitative estimate of drug-likeness (QED) is 0.728. The maximum Gasteiger partial charge on any atom is 0.223 e. The molecule has 5 heteroatoms. The van der Waals surface area contributed by atoms with E-state index in [0.29, 0.717) is 18.4 Å². The Balaban J connectivity index is 1.68. The first-order chi connectivity index (χ1) is 13.6. The van der Waals surface area contributed by atoms with E-state index in [1.54, 1.807) is 0 Å². The topological polar surface area (TPSA) is 50.3 Å². The third-order valence-electron chi connectivity index (χ3n) is 5.39. The zero-order valence-electron chi connectivity index (χ0n) is 16.9. The Morgan fingerprint density at radius 3 is 2.86 bits per heavy atom. The van der Waals surface area contributed by atoms with Gasteiger partial charge in [-0.3, -0.25) is 4.98 Å². The van der Waals surface area contributed by atoms with Crippen molar-refractivity contribution in [3.8, 4) is 17.1 Å². The summed E-state index contributed by atoms with van der Waals surface area (Å²) < 4.78 is 6.21. The summed E-state index contributed by atoms with van der Waals surface area (Å²) in [4.78, 5) is 11.6. The molecule has 3 aromatic rings. The van der Waals surface area contributed by atoms with E-state index in [4.69, 9.17) is 9.72 Å². The lowest BCUT2D eigenvalue weighted by Gasteiger charge is -2.23. The number of nitrogens with one attached hydrogen (secondary N) is 1. The molecule has 0 unspecified atom stereocenters. The molecule has 4 rings (SSSR count). The number of hydrogen-bond donors (Lipinski definition) is 1. The average molecular weight is 377 g/mol. The summed E-state index contributed by atoms with van der Waals surface area (Å²) in [6.07, 6.45) is 4.23. The molecule has 146 valence electrons. The molecule has 0 saturated carbocycles. The van der Waals surface area contributed by atoms with Crippen molar-refractivity contribution in [1.82, 2.24) is 15.3 Å². The molecule has 5 nitrogen and oxygen atoms in total. The van der Waals surface area contributed by atoms with Crippen molar-refractivity contribution in [2.24, 2.45) is 5.92 Å². The van der Waals surface area contributed by atoms with Gasteiger partial charge in [0.1, 0.15) is 0 Å². The molecule has 3 heterocycles. The standard InChI is InChI=1S/C23H28N4O/c1-16-12-18(8-9-22(16)27(2)3)20-13-21-19(7-5-11-25-21)23(26-20)28-15-17-6-4-10-24-14-17/h5,7-9,11-13,17,24H,4,6,10,14-15H2,1-3H3/t17-/m0/s1. The number of pyridine rings is 2. The van der Waals surface area contributed by atoms with Gasteiger partial charge in [-0.25, -0.2) is 4.98 Å². The highest BCUT2D eigenvalue weighted by Crippen LogP contribution is 2.31. The molecule has 0 amide bonds. The number of anilines is 1. The van der Waals surface area contributed by atoms with Crippen LogP contribution in [0.15, 0.2) is 42.6 Å².